The molecule has 1 amide bonds. The quantitative estimate of drug-likeness (QED) is 0.546. The third-order valence-electron chi connectivity index (χ3n) is 8.02. The largest absolute Gasteiger partial charge is 0.444 e. The van der Waals surface area contributed by atoms with Gasteiger partial charge in [-0.1, -0.05) is 18.2 Å². The number of carbonyl (C=O) groups is 3. The molecule has 2 heterocycles. The fourth-order valence-corrected chi connectivity index (χ4v) is 5.51. The van der Waals surface area contributed by atoms with Crippen molar-refractivity contribution in [2.24, 2.45) is 18.4 Å². The van der Waals surface area contributed by atoms with Crippen molar-refractivity contribution in [3.8, 4) is 0 Å². The van der Waals surface area contributed by atoms with Crippen LogP contribution in [0.3, 0.4) is 0 Å². The zero-order chi connectivity index (χ0) is 27.2. The standard InChI is InChI=1S/C29H38N4O5/c1-19-32(16-20-10-11-23-24(25(20)34)21-8-6-7-9-22(21)31(23)5)14-15-33(19)18-37-26(35)29(12-13-29)17-30-27(36)38-28(2,3)4/h6-9,14-15,19-20H,10-13,16-18H2,1-5H3,(H,30,36). The van der Waals surface area contributed by atoms with E-state index in [1.165, 1.54) is 0 Å². The van der Waals surface area contributed by atoms with Crippen LogP contribution in [-0.2, 0) is 27.7 Å². The summed E-state index contributed by atoms with van der Waals surface area (Å²) in [6.45, 7) is 8.38. The maximum Gasteiger partial charge on any atom is 0.407 e. The first kappa shape index (κ1) is 26.1. The SMILES string of the molecule is CC1N(COC(=O)C2(CNC(=O)OC(C)(C)C)CC2)C=CN1CC1CCc2c(c3ccccc3n2C)C1=O. The van der Waals surface area contributed by atoms with Crippen molar-refractivity contribution >= 4 is 28.7 Å². The molecule has 1 N–H and O–H groups in total. The average Bonchev–Trinajstić information content (AvgIpc) is 3.51. The molecule has 0 radical (unpaired) electrons. The van der Waals surface area contributed by atoms with Crippen LogP contribution in [0.25, 0.3) is 10.9 Å². The number of rotatable bonds is 7. The fraction of sp³-hybridized carbons (Fsp3) is 0.552. The Labute approximate surface area is 223 Å². The third-order valence-corrected chi connectivity index (χ3v) is 8.02. The smallest absolute Gasteiger partial charge is 0.407 e. The number of benzene rings is 1. The van der Waals surface area contributed by atoms with Gasteiger partial charge in [0.25, 0.3) is 0 Å². The molecule has 2 atom stereocenters. The van der Waals surface area contributed by atoms with Crippen LogP contribution < -0.4 is 5.32 Å². The molecule has 9 heteroatoms. The summed E-state index contributed by atoms with van der Waals surface area (Å²) < 4.78 is 13.1. The van der Waals surface area contributed by atoms with E-state index in [0.717, 1.165) is 35.0 Å². The number of nitrogens with zero attached hydrogens (tertiary/aromatic N) is 3. The van der Waals surface area contributed by atoms with Gasteiger partial charge in [0.05, 0.1) is 5.41 Å². The van der Waals surface area contributed by atoms with E-state index in [4.69, 9.17) is 9.47 Å². The van der Waals surface area contributed by atoms with Crippen molar-refractivity contribution < 1.29 is 23.9 Å². The summed E-state index contributed by atoms with van der Waals surface area (Å²) in [6, 6.07) is 8.11. The number of hydrogen-bond acceptors (Lipinski definition) is 7. The molecular weight excluding hydrogens is 484 g/mol. The van der Waals surface area contributed by atoms with Gasteiger partial charge in [0.15, 0.2) is 12.5 Å². The number of carbonyl (C=O) groups excluding carboxylic acids is 3. The van der Waals surface area contributed by atoms with Crippen LogP contribution in [0, 0.1) is 11.3 Å². The van der Waals surface area contributed by atoms with Crippen molar-refractivity contribution in [2.45, 2.75) is 65.1 Å². The number of ketones is 1. The highest BCUT2D eigenvalue weighted by Crippen LogP contribution is 2.46. The van der Waals surface area contributed by atoms with E-state index in [9.17, 15) is 14.4 Å². The Bertz CT molecular complexity index is 1290. The lowest BCUT2D eigenvalue weighted by atomic mass is 9.84. The maximum absolute atomic E-state index is 13.6. The Balaban J connectivity index is 1.14. The monoisotopic (exact) mass is 522 g/mol. The first-order valence-corrected chi connectivity index (χ1v) is 13.4. The first-order valence-electron chi connectivity index (χ1n) is 13.4. The summed E-state index contributed by atoms with van der Waals surface area (Å²) in [6.07, 6.45) is 6.36. The molecule has 1 saturated carbocycles. The van der Waals surface area contributed by atoms with Crippen molar-refractivity contribution in [3.63, 3.8) is 0 Å². The zero-order valence-electron chi connectivity index (χ0n) is 23.0. The van der Waals surface area contributed by atoms with Gasteiger partial charge in [-0.05, 0) is 59.4 Å². The third kappa shape index (κ3) is 4.98. The molecule has 1 fully saturated rings. The lowest BCUT2D eigenvalue weighted by molar-refractivity contribution is -0.155. The van der Waals surface area contributed by atoms with E-state index in [0.29, 0.717) is 19.4 Å². The Morgan fingerprint density at radius 1 is 1.13 bits per heavy atom. The predicted octanol–water partition coefficient (Wildman–Crippen LogP) is 4.16. The normalized spacial score (nSPS) is 22.0. The van der Waals surface area contributed by atoms with Gasteiger partial charge < -0.3 is 29.2 Å². The van der Waals surface area contributed by atoms with Gasteiger partial charge in [-0.2, -0.15) is 0 Å². The molecule has 1 aliphatic heterocycles. The van der Waals surface area contributed by atoms with Gasteiger partial charge in [-0.3, -0.25) is 9.59 Å². The van der Waals surface area contributed by atoms with Gasteiger partial charge in [0.1, 0.15) is 11.8 Å². The van der Waals surface area contributed by atoms with Crippen molar-refractivity contribution in [3.05, 3.63) is 47.9 Å². The highest BCUT2D eigenvalue weighted by Gasteiger charge is 2.52. The van der Waals surface area contributed by atoms with Crippen molar-refractivity contribution in [1.82, 2.24) is 19.7 Å². The number of aromatic nitrogens is 1. The maximum atomic E-state index is 13.6. The van der Waals surface area contributed by atoms with E-state index in [1.807, 2.05) is 49.5 Å². The van der Waals surface area contributed by atoms with Crippen LogP contribution in [0.4, 0.5) is 4.79 Å². The summed E-state index contributed by atoms with van der Waals surface area (Å²) in [7, 11) is 2.04. The molecule has 3 aliphatic rings. The summed E-state index contributed by atoms with van der Waals surface area (Å²) in [5, 5.41) is 3.74. The molecule has 0 bridgehead atoms. The predicted molar refractivity (Wildman–Crippen MR) is 143 cm³/mol. The molecule has 9 nitrogen and oxygen atoms in total. The molecule has 5 rings (SSSR count). The molecule has 2 unspecified atom stereocenters. The Hall–Kier alpha value is -3.49. The number of hydrogen-bond donors (Lipinski definition) is 1. The van der Waals surface area contributed by atoms with Crippen LogP contribution in [0.1, 0.15) is 63.0 Å². The second-order valence-corrected chi connectivity index (χ2v) is 11.8. The second-order valence-electron chi connectivity index (χ2n) is 11.8. The number of amides is 1. The number of fused-ring (bicyclic) bond motifs is 3. The minimum absolute atomic E-state index is 0.0421. The lowest BCUT2D eigenvalue weighted by Crippen LogP contribution is -2.43. The van der Waals surface area contributed by atoms with E-state index >= 15 is 0 Å². The van der Waals surface area contributed by atoms with Crippen LogP contribution >= 0.6 is 0 Å². The number of aryl methyl sites for hydroxylation is 1. The second kappa shape index (κ2) is 9.67. The molecule has 1 aromatic heterocycles. The lowest BCUT2D eigenvalue weighted by Gasteiger charge is -2.33. The van der Waals surface area contributed by atoms with E-state index in [-0.39, 0.29) is 37.1 Å². The first-order chi connectivity index (χ1) is 18.0. The van der Waals surface area contributed by atoms with Gasteiger partial charge in [-0.15, -0.1) is 0 Å². The van der Waals surface area contributed by atoms with Gasteiger partial charge in [0.2, 0.25) is 0 Å². The zero-order valence-corrected chi connectivity index (χ0v) is 23.0. The Morgan fingerprint density at radius 2 is 1.84 bits per heavy atom. The topological polar surface area (TPSA) is 93.1 Å². The number of esters is 1. The van der Waals surface area contributed by atoms with Crippen LogP contribution in [0.2, 0.25) is 0 Å². The van der Waals surface area contributed by atoms with E-state index in [2.05, 4.69) is 20.9 Å². The average molecular weight is 523 g/mol. The Morgan fingerprint density at radius 3 is 2.55 bits per heavy atom. The minimum Gasteiger partial charge on any atom is -0.444 e. The highest BCUT2D eigenvalue weighted by molar-refractivity contribution is 6.11. The van der Waals surface area contributed by atoms with Crippen molar-refractivity contribution in [1.29, 1.82) is 0 Å². The van der Waals surface area contributed by atoms with Crippen LogP contribution in [-0.4, -0.2) is 63.8 Å². The molecule has 204 valence electrons. The highest BCUT2D eigenvalue weighted by atomic mass is 16.6. The van der Waals surface area contributed by atoms with E-state index in [1.54, 1.807) is 20.8 Å². The molecule has 2 aromatic rings. The molecule has 1 aromatic carbocycles. The number of Topliss-reactive ketones (excluding diaryl/α,β-unsaturated/α-hetero) is 1. The number of ether oxygens (including phenoxy) is 2. The Kier molecular flexibility index (Phi) is 6.65. The van der Waals surface area contributed by atoms with Gasteiger partial charge >= 0.3 is 12.1 Å². The summed E-state index contributed by atoms with van der Waals surface area (Å²) in [5.41, 5.74) is 1.83. The number of alkyl carbamates (subject to hydrolysis) is 1. The van der Waals surface area contributed by atoms with Crippen LogP contribution in [0.15, 0.2) is 36.7 Å². The molecule has 2 aliphatic carbocycles. The van der Waals surface area contributed by atoms with Crippen LogP contribution in [0.5, 0.6) is 0 Å². The van der Waals surface area contributed by atoms with Crippen molar-refractivity contribution in [2.75, 3.05) is 19.8 Å². The molecular formula is C29H38N4O5. The van der Waals surface area contributed by atoms with Gasteiger partial charge in [-0.25, -0.2) is 4.79 Å². The van der Waals surface area contributed by atoms with Gasteiger partial charge in [0, 0.05) is 60.6 Å². The summed E-state index contributed by atoms with van der Waals surface area (Å²) in [5.74, 6) is -0.184. The van der Waals surface area contributed by atoms with E-state index < -0.39 is 17.1 Å². The number of nitrogens with one attached hydrogen (secondary N) is 1. The molecule has 38 heavy (non-hydrogen) atoms. The fourth-order valence-electron chi connectivity index (χ4n) is 5.51. The minimum atomic E-state index is -0.673. The molecule has 0 saturated heterocycles. The number of para-hydroxylation sites is 1. The summed E-state index contributed by atoms with van der Waals surface area (Å²) in [4.78, 5) is 42.5. The summed E-state index contributed by atoms with van der Waals surface area (Å²) >= 11 is 0. The molecule has 0 spiro atoms.